The third-order valence-electron chi connectivity index (χ3n) is 3.07. The molecule has 106 valence electrons. The summed E-state index contributed by atoms with van der Waals surface area (Å²) >= 11 is 3.42. The van der Waals surface area contributed by atoms with Gasteiger partial charge in [0.05, 0.1) is 13.2 Å². The molecule has 4 nitrogen and oxygen atoms in total. The summed E-state index contributed by atoms with van der Waals surface area (Å²) in [6.45, 7) is 1.41. The Bertz CT molecular complexity index is 437. The summed E-state index contributed by atoms with van der Waals surface area (Å²) in [5.74, 6) is 0.854. The van der Waals surface area contributed by atoms with Gasteiger partial charge in [-0.15, -0.1) is 12.4 Å². The normalized spacial score (nSPS) is 17.7. The minimum absolute atomic E-state index is 0. The topological polar surface area (TPSA) is 50.4 Å². The van der Waals surface area contributed by atoms with E-state index in [0.717, 1.165) is 35.2 Å². The van der Waals surface area contributed by atoms with E-state index in [1.54, 1.807) is 7.11 Å². The standard InChI is InChI=1S/C13H17BrN2O2.ClH/c1-18-12-5-4-10(14)7-9(12)8-16-13(17)11-3-2-6-15-11;/h4-5,7,11,15H,2-3,6,8H2,1H3,(H,16,17);1H. The van der Waals surface area contributed by atoms with E-state index in [1.165, 1.54) is 0 Å². The van der Waals surface area contributed by atoms with Crippen LogP contribution in [-0.2, 0) is 11.3 Å². The molecule has 1 fully saturated rings. The molecule has 1 aliphatic heterocycles. The molecule has 1 aromatic rings. The maximum atomic E-state index is 11.9. The van der Waals surface area contributed by atoms with E-state index in [2.05, 4.69) is 26.6 Å². The predicted octanol–water partition coefficient (Wildman–Crippen LogP) is 2.25. The molecular weight excluding hydrogens is 332 g/mol. The van der Waals surface area contributed by atoms with Crippen molar-refractivity contribution in [3.63, 3.8) is 0 Å². The van der Waals surface area contributed by atoms with Gasteiger partial charge in [0.25, 0.3) is 0 Å². The molecule has 0 aromatic heterocycles. The highest BCUT2D eigenvalue weighted by molar-refractivity contribution is 9.10. The number of halogens is 2. The third-order valence-corrected chi connectivity index (χ3v) is 3.57. The molecule has 0 spiro atoms. The molecule has 1 saturated heterocycles. The van der Waals surface area contributed by atoms with Crippen molar-refractivity contribution in [1.82, 2.24) is 10.6 Å². The van der Waals surface area contributed by atoms with E-state index in [0.29, 0.717) is 6.54 Å². The highest BCUT2D eigenvalue weighted by Gasteiger charge is 2.21. The van der Waals surface area contributed by atoms with Crippen molar-refractivity contribution in [2.24, 2.45) is 0 Å². The first-order valence-corrected chi connectivity index (χ1v) is 6.83. The van der Waals surface area contributed by atoms with Gasteiger partial charge in [-0.25, -0.2) is 0 Å². The number of carbonyl (C=O) groups excluding carboxylic acids is 1. The molecule has 1 aromatic carbocycles. The second kappa shape index (κ2) is 7.72. The summed E-state index contributed by atoms with van der Waals surface area (Å²) in [6.07, 6.45) is 1.99. The first kappa shape index (κ1) is 16.3. The predicted molar refractivity (Wildman–Crippen MR) is 80.8 cm³/mol. The first-order chi connectivity index (χ1) is 8.70. The maximum absolute atomic E-state index is 11.9. The van der Waals surface area contributed by atoms with Crippen LogP contribution in [0.3, 0.4) is 0 Å². The van der Waals surface area contributed by atoms with Gasteiger partial charge in [0.15, 0.2) is 0 Å². The molecule has 1 heterocycles. The van der Waals surface area contributed by atoms with Crippen LogP contribution in [0.5, 0.6) is 5.75 Å². The number of carbonyl (C=O) groups is 1. The van der Waals surface area contributed by atoms with Crippen LogP contribution in [0.1, 0.15) is 18.4 Å². The Kier molecular flexibility index (Phi) is 6.62. The largest absolute Gasteiger partial charge is 0.496 e. The lowest BCUT2D eigenvalue weighted by atomic mass is 10.2. The lowest BCUT2D eigenvalue weighted by Crippen LogP contribution is -2.40. The maximum Gasteiger partial charge on any atom is 0.237 e. The van der Waals surface area contributed by atoms with Crippen LogP contribution < -0.4 is 15.4 Å². The fraction of sp³-hybridized carbons (Fsp3) is 0.462. The second-order valence-corrected chi connectivity index (χ2v) is 5.24. The Labute approximate surface area is 127 Å². The van der Waals surface area contributed by atoms with Crippen molar-refractivity contribution in [2.75, 3.05) is 13.7 Å². The summed E-state index contributed by atoms with van der Waals surface area (Å²) < 4.78 is 6.25. The number of hydrogen-bond donors (Lipinski definition) is 2. The van der Waals surface area contributed by atoms with Gasteiger partial charge in [0.2, 0.25) is 5.91 Å². The molecule has 0 bridgehead atoms. The highest BCUT2D eigenvalue weighted by atomic mass is 79.9. The zero-order valence-electron chi connectivity index (χ0n) is 10.7. The lowest BCUT2D eigenvalue weighted by molar-refractivity contribution is -0.122. The molecular formula is C13H18BrClN2O2. The summed E-state index contributed by atoms with van der Waals surface area (Å²) in [5, 5.41) is 6.12. The minimum Gasteiger partial charge on any atom is -0.496 e. The molecule has 1 atom stereocenters. The van der Waals surface area contributed by atoms with Gasteiger partial charge in [-0.3, -0.25) is 4.79 Å². The van der Waals surface area contributed by atoms with Crippen LogP contribution in [0.25, 0.3) is 0 Å². The smallest absolute Gasteiger partial charge is 0.237 e. The average Bonchev–Trinajstić information content (AvgIpc) is 2.90. The fourth-order valence-corrected chi connectivity index (χ4v) is 2.51. The van der Waals surface area contributed by atoms with Crippen LogP contribution in [0, 0.1) is 0 Å². The average molecular weight is 350 g/mol. The second-order valence-electron chi connectivity index (χ2n) is 4.32. The van der Waals surface area contributed by atoms with Gasteiger partial charge in [0.1, 0.15) is 5.75 Å². The van der Waals surface area contributed by atoms with Crippen LogP contribution in [0.15, 0.2) is 22.7 Å². The van der Waals surface area contributed by atoms with Crippen LogP contribution >= 0.6 is 28.3 Å². The highest BCUT2D eigenvalue weighted by Crippen LogP contribution is 2.22. The molecule has 0 aliphatic carbocycles. The van der Waals surface area contributed by atoms with Crippen molar-refractivity contribution in [3.8, 4) is 5.75 Å². The van der Waals surface area contributed by atoms with Gasteiger partial charge in [-0.05, 0) is 37.6 Å². The van der Waals surface area contributed by atoms with Crippen LogP contribution in [-0.4, -0.2) is 25.6 Å². The number of methoxy groups -OCH3 is 1. The van der Waals surface area contributed by atoms with Crippen molar-refractivity contribution in [1.29, 1.82) is 0 Å². The van der Waals surface area contributed by atoms with Crippen molar-refractivity contribution in [3.05, 3.63) is 28.2 Å². The minimum atomic E-state index is -0.0388. The Morgan fingerprint density at radius 2 is 2.37 bits per heavy atom. The summed E-state index contributed by atoms with van der Waals surface area (Å²) in [6, 6.07) is 5.73. The molecule has 0 radical (unpaired) electrons. The molecule has 2 N–H and O–H groups in total. The van der Waals surface area contributed by atoms with Crippen molar-refractivity contribution >= 4 is 34.2 Å². The Hall–Kier alpha value is -0.780. The SMILES string of the molecule is COc1ccc(Br)cc1CNC(=O)C1CCCN1.Cl. The zero-order chi connectivity index (χ0) is 13.0. The van der Waals surface area contributed by atoms with Crippen LogP contribution in [0.4, 0.5) is 0 Å². The van der Waals surface area contributed by atoms with Gasteiger partial charge in [-0.1, -0.05) is 15.9 Å². The summed E-state index contributed by atoms with van der Waals surface area (Å²) in [5.41, 5.74) is 0.971. The number of hydrogen-bond acceptors (Lipinski definition) is 3. The molecule has 19 heavy (non-hydrogen) atoms. The molecule has 2 rings (SSSR count). The molecule has 0 saturated carbocycles. The van der Waals surface area contributed by atoms with E-state index in [-0.39, 0.29) is 24.4 Å². The number of amides is 1. The third kappa shape index (κ3) is 4.37. The first-order valence-electron chi connectivity index (χ1n) is 6.04. The zero-order valence-corrected chi connectivity index (χ0v) is 13.1. The van der Waals surface area contributed by atoms with E-state index >= 15 is 0 Å². The fourth-order valence-electron chi connectivity index (χ4n) is 2.10. The number of rotatable bonds is 4. The van der Waals surface area contributed by atoms with Gasteiger partial charge < -0.3 is 15.4 Å². The molecule has 1 unspecified atom stereocenters. The van der Waals surface area contributed by atoms with Gasteiger partial charge in [-0.2, -0.15) is 0 Å². The number of nitrogens with one attached hydrogen (secondary N) is 2. The van der Waals surface area contributed by atoms with E-state index in [1.807, 2.05) is 18.2 Å². The van der Waals surface area contributed by atoms with E-state index in [4.69, 9.17) is 4.74 Å². The Balaban J connectivity index is 0.00000180. The molecule has 1 amide bonds. The number of benzene rings is 1. The van der Waals surface area contributed by atoms with Gasteiger partial charge >= 0.3 is 0 Å². The Morgan fingerprint density at radius 3 is 3.00 bits per heavy atom. The lowest BCUT2D eigenvalue weighted by Gasteiger charge is -2.13. The van der Waals surface area contributed by atoms with E-state index in [9.17, 15) is 4.79 Å². The van der Waals surface area contributed by atoms with Crippen molar-refractivity contribution in [2.45, 2.75) is 25.4 Å². The van der Waals surface area contributed by atoms with Crippen molar-refractivity contribution < 1.29 is 9.53 Å². The van der Waals surface area contributed by atoms with E-state index < -0.39 is 0 Å². The molecule has 6 heteroatoms. The number of ether oxygens (including phenoxy) is 1. The summed E-state index contributed by atoms with van der Waals surface area (Å²) in [4.78, 5) is 11.9. The van der Waals surface area contributed by atoms with Crippen LogP contribution in [0.2, 0.25) is 0 Å². The summed E-state index contributed by atoms with van der Waals surface area (Å²) in [7, 11) is 1.63. The van der Waals surface area contributed by atoms with Gasteiger partial charge in [0, 0.05) is 16.6 Å². The Morgan fingerprint density at radius 1 is 1.58 bits per heavy atom. The molecule has 1 aliphatic rings. The quantitative estimate of drug-likeness (QED) is 0.876. The monoisotopic (exact) mass is 348 g/mol.